The van der Waals surface area contributed by atoms with E-state index >= 15 is 0 Å². The van der Waals surface area contributed by atoms with Gasteiger partial charge in [-0.1, -0.05) is 0 Å². The third-order valence-corrected chi connectivity index (χ3v) is 5.93. The number of anilines is 1. The van der Waals surface area contributed by atoms with Crippen LogP contribution in [-0.4, -0.2) is 38.7 Å². The summed E-state index contributed by atoms with van der Waals surface area (Å²) in [4.78, 5) is 2.57. The van der Waals surface area contributed by atoms with E-state index in [1.807, 2.05) is 14.0 Å². The van der Waals surface area contributed by atoms with Gasteiger partial charge in [-0.15, -0.1) is 0 Å². The molecule has 0 bridgehead atoms. The number of benzene rings is 1. The molecule has 2 rings (SSSR count). The minimum absolute atomic E-state index is 0.253. The van der Waals surface area contributed by atoms with Crippen molar-refractivity contribution in [2.45, 2.75) is 29.9 Å². The Morgan fingerprint density at radius 3 is 2.44 bits per heavy atom. The summed E-state index contributed by atoms with van der Waals surface area (Å²) in [6, 6.07) is 4.98. The summed E-state index contributed by atoms with van der Waals surface area (Å²) in [5.41, 5.74) is 7.19. The van der Waals surface area contributed by atoms with Crippen LogP contribution in [0.3, 0.4) is 0 Å². The lowest BCUT2D eigenvalue weighted by molar-refractivity contribution is 0.277. The maximum absolute atomic E-state index is 12.5. The molecular weight excluding hydrogens is 248 g/mol. The molecular formula is C13H20N2O2S. The average Bonchev–Trinajstić information content (AvgIpc) is 2.33. The van der Waals surface area contributed by atoms with E-state index in [2.05, 4.69) is 4.90 Å². The fourth-order valence-corrected chi connectivity index (χ4v) is 4.13. The van der Waals surface area contributed by atoms with E-state index < -0.39 is 9.84 Å². The smallest absolute Gasteiger partial charge is 0.181 e. The fraction of sp³-hybridized carbons (Fsp3) is 0.538. The van der Waals surface area contributed by atoms with E-state index in [9.17, 15) is 8.42 Å². The summed E-state index contributed by atoms with van der Waals surface area (Å²) in [5.74, 6) is 0. The van der Waals surface area contributed by atoms with Crippen molar-refractivity contribution in [3.05, 3.63) is 23.8 Å². The normalized spacial score (nSPS) is 19.0. The van der Waals surface area contributed by atoms with E-state index in [4.69, 9.17) is 5.73 Å². The van der Waals surface area contributed by atoms with Gasteiger partial charge in [0.1, 0.15) is 0 Å². The largest absolute Gasteiger partial charge is 0.399 e. The number of piperidine rings is 1. The Morgan fingerprint density at radius 2 is 1.89 bits per heavy atom. The molecule has 1 aliphatic rings. The third-order valence-electron chi connectivity index (χ3n) is 3.67. The van der Waals surface area contributed by atoms with Crippen LogP contribution in [0.25, 0.3) is 0 Å². The maximum atomic E-state index is 12.5. The Kier molecular flexibility index (Phi) is 3.64. The number of hydrogen-bond donors (Lipinski definition) is 1. The Morgan fingerprint density at radius 1 is 1.28 bits per heavy atom. The van der Waals surface area contributed by atoms with Crippen molar-refractivity contribution in [1.82, 2.24) is 4.90 Å². The van der Waals surface area contributed by atoms with Crippen molar-refractivity contribution in [3.63, 3.8) is 0 Å². The monoisotopic (exact) mass is 268 g/mol. The van der Waals surface area contributed by atoms with Gasteiger partial charge in [-0.2, -0.15) is 0 Å². The van der Waals surface area contributed by atoms with E-state index in [1.54, 1.807) is 18.2 Å². The van der Waals surface area contributed by atoms with Crippen LogP contribution in [0.1, 0.15) is 18.4 Å². The second kappa shape index (κ2) is 4.90. The first-order valence-electron chi connectivity index (χ1n) is 6.20. The lowest BCUT2D eigenvalue weighted by Crippen LogP contribution is -2.37. The number of nitrogens with two attached hydrogens (primary N) is 1. The summed E-state index contributed by atoms with van der Waals surface area (Å²) < 4.78 is 25.0. The first kappa shape index (κ1) is 13.4. The Balaban J connectivity index is 2.27. The highest BCUT2D eigenvalue weighted by Gasteiger charge is 2.30. The van der Waals surface area contributed by atoms with Crippen molar-refractivity contribution >= 4 is 15.5 Å². The molecule has 0 unspecified atom stereocenters. The molecule has 1 aromatic rings. The highest BCUT2D eigenvalue weighted by atomic mass is 32.2. The van der Waals surface area contributed by atoms with Crippen molar-refractivity contribution in [2.24, 2.45) is 0 Å². The van der Waals surface area contributed by atoms with Crippen LogP contribution < -0.4 is 5.73 Å². The van der Waals surface area contributed by atoms with Gasteiger partial charge in [0.2, 0.25) is 0 Å². The molecule has 0 aromatic heterocycles. The van der Waals surface area contributed by atoms with Crippen molar-refractivity contribution in [2.75, 3.05) is 25.9 Å². The number of hydrogen-bond acceptors (Lipinski definition) is 4. The van der Waals surface area contributed by atoms with Crippen LogP contribution >= 0.6 is 0 Å². The summed E-state index contributed by atoms with van der Waals surface area (Å²) in [6.07, 6.45) is 1.42. The number of sulfone groups is 1. The summed E-state index contributed by atoms with van der Waals surface area (Å²) in [5, 5.41) is -0.253. The van der Waals surface area contributed by atoms with Crippen LogP contribution in [0, 0.1) is 6.92 Å². The minimum Gasteiger partial charge on any atom is -0.399 e. The Bertz CT molecular complexity index is 532. The topological polar surface area (TPSA) is 63.4 Å². The molecule has 0 aliphatic carbocycles. The number of rotatable bonds is 2. The first-order valence-corrected chi connectivity index (χ1v) is 7.74. The van der Waals surface area contributed by atoms with Crippen LogP contribution in [0.4, 0.5) is 5.69 Å². The van der Waals surface area contributed by atoms with E-state index in [0.717, 1.165) is 18.7 Å². The summed E-state index contributed by atoms with van der Waals surface area (Å²) in [6.45, 7) is 3.53. The molecule has 1 aliphatic heterocycles. The van der Waals surface area contributed by atoms with Gasteiger partial charge < -0.3 is 10.6 Å². The van der Waals surface area contributed by atoms with Crippen LogP contribution in [0.15, 0.2) is 23.1 Å². The van der Waals surface area contributed by atoms with Gasteiger partial charge in [-0.25, -0.2) is 8.42 Å². The molecule has 1 aromatic carbocycles. The molecule has 4 nitrogen and oxygen atoms in total. The zero-order valence-corrected chi connectivity index (χ0v) is 11.7. The second-order valence-corrected chi connectivity index (χ2v) is 7.29. The van der Waals surface area contributed by atoms with Gasteiger partial charge in [0.15, 0.2) is 9.84 Å². The van der Waals surface area contributed by atoms with Crippen LogP contribution in [0.2, 0.25) is 0 Å². The molecule has 1 saturated heterocycles. The lowest BCUT2D eigenvalue weighted by atomic mass is 10.1. The molecule has 18 heavy (non-hydrogen) atoms. The Hall–Kier alpha value is -1.07. The highest BCUT2D eigenvalue weighted by molar-refractivity contribution is 7.92. The number of likely N-dealkylation sites (tertiary alicyclic amines) is 1. The third kappa shape index (κ3) is 2.52. The number of aryl methyl sites for hydroxylation is 1. The molecule has 1 fully saturated rings. The minimum atomic E-state index is -3.21. The molecule has 0 spiro atoms. The molecule has 0 radical (unpaired) electrons. The highest BCUT2D eigenvalue weighted by Crippen LogP contribution is 2.26. The van der Waals surface area contributed by atoms with Gasteiger partial charge in [0.25, 0.3) is 0 Å². The molecule has 100 valence electrons. The molecule has 0 saturated carbocycles. The Labute approximate surface area is 109 Å². The maximum Gasteiger partial charge on any atom is 0.181 e. The quantitative estimate of drug-likeness (QED) is 0.825. The second-order valence-electron chi connectivity index (χ2n) is 5.07. The van der Waals surface area contributed by atoms with Crippen molar-refractivity contribution in [1.29, 1.82) is 0 Å². The lowest BCUT2D eigenvalue weighted by Gasteiger charge is -2.28. The van der Waals surface area contributed by atoms with E-state index in [0.29, 0.717) is 23.4 Å². The number of nitrogen functional groups attached to an aromatic ring is 1. The van der Waals surface area contributed by atoms with Gasteiger partial charge >= 0.3 is 0 Å². The predicted molar refractivity (Wildman–Crippen MR) is 73.3 cm³/mol. The first-order chi connectivity index (χ1) is 8.41. The summed E-state index contributed by atoms with van der Waals surface area (Å²) in [7, 11) is -1.18. The van der Waals surface area contributed by atoms with Crippen LogP contribution in [0.5, 0.6) is 0 Å². The molecule has 2 N–H and O–H groups in total. The molecule has 5 heteroatoms. The molecule has 1 heterocycles. The van der Waals surface area contributed by atoms with Crippen LogP contribution in [-0.2, 0) is 9.84 Å². The van der Waals surface area contributed by atoms with Gasteiger partial charge in [0, 0.05) is 5.69 Å². The number of nitrogens with zero attached hydrogens (tertiary/aromatic N) is 1. The summed E-state index contributed by atoms with van der Waals surface area (Å²) >= 11 is 0. The predicted octanol–water partition coefficient (Wildman–Crippen LogP) is 1.45. The molecule has 0 amide bonds. The fourth-order valence-electron chi connectivity index (χ4n) is 2.31. The molecule has 0 atom stereocenters. The van der Waals surface area contributed by atoms with Crippen molar-refractivity contribution in [3.8, 4) is 0 Å². The van der Waals surface area contributed by atoms with Crippen molar-refractivity contribution < 1.29 is 8.42 Å². The average molecular weight is 268 g/mol. The van der Waals surface area contributed by atoms with E-state index in [1.165, 1.54) is 0 Å². The van der Waals surface area contributed by atoms with E-state index in [-0.39, 0.29) is 5.25 Å². The SMILES string of the molecule is Cc1cc(S(=O)(=O)C2CCN(C)CC2)ccc1N. The standard InChI is InChI=1S/C13H20N2O2S/c1-10-9-12(3-4-13(10)14)18(16,17)11-5-7-15(2)8-6-11/h3-4,9,11H,5-8,14H2,1-2H3. The van der Waals surface area contributed by atoms with Gasteiger partial charge in [-0.05, 0) is 63.7 Å². The zero-order valence-electron chi connectivity index (χ0n) is 10.9. The zero-order chi connectivity index (χ0) is 13.3. The van der Waals surface area contributed by atoms with Gasteiger partial charge in [0.05, 0.1) is 10.1 Å². The van der Waals surface area contributed by atoms with Gasteiger partial charge in [-0.3, -0.25) is 0 Å².